The van der Waals surface area contributed by atoms with E-state index in [1.807, 2.05) is 59.1 Å². The average Bonchev–Trinajstić information content (AvgIpc) is 3.63. The van der Waals surface area contributed by atoms with Gasteiger partial charge in [-0.3, -0.25) is 19.7 Å². The lowest BCUT2D eigenvalue weighted by Gasteiger charge is -2.34. The largest absolute Gasteiger partial charge is 0.471 e. The average molecular weight is 650 g/mol. The van der Waals surface area contributed by atoms with Crippen molar-refractivity contribution in [3.8, 4) is 0 Å². The number of amides is 2. The van der Waals surface area contributed by atoms with Crippen LogP contribution in [0.1, 0.15) is 24.5 Å². The number of nitrogens with one attached hydrogen (secondary N) is 2. The molecule has 12 nitrogen and oxygen atoms in total. The fourth-order valence-corrected chi connectivity index (χ4v) is 5.77. The molecule has 1 saturated heterocycles. The molecule has 4 heterocycles. The van der Waals surface area contributed by atoms with Gasteiger partial charge in [0.05, 0.1) is 36.7 Å². The third-order valence-corrected chi connectivity index (χ3v) is 8.10. The molecule has 5 aromatic rings. The van der Waals surface area contributed by atoms with Crippen LogP contribution in [-0.2, 0) is 22.5 Å². The van der Waals surface area contributed by atoms with Gasteiger partial charge in [-0.1, -0.05) is 37.3 Å². The van der Waals surface area contributed by atoms with Crippen LogP contribution < -0.4 is 10.6 Å². The van der Waals surface area contributed by atoms with Crippen molar-refractivity contribution < 1.29 is 27.5 Å². The number of aromatic nitrogens is 5. The molecule has 47 heavy (non-hydrogen) atoms. The van der Waals surface area contributed by atoms with Gasteiger partial charge in [0.1, 0.15) is 11.8 Å². The van der Waals surface area contributed by atoms with Crippen molar-refractivity contribution in [2.75, 3.05) is 50.0 Å². The van der Waals surface area contributed by atoms with Crippen LogP contribution in [0.5, 0.6) is 0 Å². The summed E-state index contributed by atoms with van der Waals surface area (Å²) in [5.74, 6) is -1.23. The molecule has 15 heteroatoms. The summed E-state index contributed by atoms with van der Waals surface area (Å²) in [6.45, 7) is 3.97. The van der Waals surface area contributed by atoms with Crippen LogP contribution in [0.4, 0.5) is 35.2 Å². The minimum atomic E-state index is -4.86. The van der Waals surface area contributed by atoms with Crippen molar-refractivity contribution >= 4 is 45.6 Å². The Kier molecular flexibility index (Phi) is 9.24. The molecule has 0 bridgehead atoms. The third kappa shape index (κ3) is 7.30. The maximum atomic E-state index is 12.7. The number of hydrogen-bond acceptors (Lipinski definition) is 8. The summed E-state index contributed by atoms with van der Waals surface area (Å²) in [4.78, 5) is 31.3. The van der Waals surface area contributed by atoms with E-state index in [-0.39, 0.29) is 19.7 Å². The zero-order chi connectivity index (χ0) is 33.0. The first-order chi connectivity index (χ1) is 22.7. The molecule has 1 aliphatic rings. The Morgan fingerprint density at radius 2 is 1.81 bits per heavy atom. The Bertz CT molecular complexity index is 1870. The maximum absolute atomic E-state index is 12.7. The molecule has 246 valence electrons. The van der Waals surface area contributed by atoms with Crippen molar-refractivity contribution in [2.24, 2.45) is 0 Å². The maximum Gasteiger partial charge on any atom is 0.471 e. The molecule has 1 aliphatic heterocycles. The summed E-state index contributed by atoms with van der Waals surface area (Å²) in [7, 11) is 0. The van der Waals surface area contributed by atoms with Gasteiger partial charge in [-0.05, 0) is 36.6 Å². The molecule has 1 fully saturated rings. The Morgan fingerprint density at radius 1 is 1.02 bits per heavy atom. The first kappa shape index (κ1) is 31.8. The summed E-state index contributed by atoms with van der Waals surface area (Å²) in [5, 5.41) is 16.1. The van der Waals surface area contributed by atoms with E-state index >= 15 is 0 Å². The molecular formula is C32H34F3N9O3. The second-order valence-corrected chi connectivity index (χ2v) is 11.2. The van der Waals surface area contributed by atoms with Crippen LogP contribution in [0.2, 0.25) is 0 Å². The number of nitrogens with zero attached hydrogens (tertiary/aromatic N) is 7. The van der Waals surface area contributed by atoms with Crippen LogP contribution in [0, 0.1) is 0 Å². The van der Waals surface area contributed by atoms with E-state index < -0.39 is 18.2 Å². The molecule has 2 aromatic carbocycles. The van der Waals surface area contributed by atoms with Gasteiger partial charge < -0.3 is 15.0 Å². The van der Waals surface area contributed by atoms with Crippen molar-refractivity contribution in [1.82, 2.24) is 34.2 Å². The van der Waals surface area contributed by atoms with Crippen LogP contribution >= 0.6 is 0 Å². The number of ether oxygens (including phenoxy) is 1. The number of hydrogen-bond donors (Lipinski definition) is 2. The Hall–Kier alpha value is -5.18. The minimum absolute atomic E-state index is 0.00945. The Morgan fingerprint density at radius 3 is 2.55 bits per heavy atom. The molecule has 0 saturated carbocycles. The van der Waals surface area contributed by atoms with E-state index in [1.165, 1.54) is 6.33 Å². The lowest BCUT2D eigenvalue weighted by molar-refractivity contribution is -0.187. The van der Waals surface area contributed by atoms with Crippen LogP contribution in [-0.4, -0.2) is 91.7 Å². The van der Waals surface area contributed by atoms with Crippen LogP contribution in [0.25, 0.3) is 16.4 Å². The lowest BCUT2D eigenvalue weighted by Crippen LogP contribution is -2.52. The zero-order valence-electron chi connectivity index (χ0n) is 25.7. The quantitative estimate of drug-likeness (QED) is 0.201. The summed E-state index contributed by atoms with van der Waals surface area (Å²) in [5.41, 5.74) is 5.08. The third-order valence-electron chi connectivity index (χ3n) is 8.10. The van der Waals surface area contributed by atoms with Crippen molar-refractivity contribution in [2.45, 2.75) is 32.5 Å². The summed E-state index contributed by atoms with van der Waals surface area (Å²) < 4.78 is 47.0. The number of aryl methyl sites for hydroxylation is 1. The Balaban J connectivity index is 1.05. The lowest BCUT2D eigenvalue weighted by atomic mass is 10.2. The summed E-state index contributed by atoms with van der Waals surface area (Å²) >= 11 is 0. The van der Waals surface area contributed by atoms with Gasteiger partial charge in [-0.15, -0.1) is 0 Å². The van der Waals surface area contributed by atoms with Gasteiger partial charge in [0, 0.05) is 49.4 Å². The molecule has 2 N–H and O–H groups in total. The summed E-state index contributed by atoms with van der Waals surface area (Å²) in [6.07, 6.45) is 0.573. The monoisotopic (exact) mass is 649 g/mol. The second-order valence-electron chi connectivity index (χ2n) is 11.2. The molecule has 6 rings (SSSR count). The number of halogens is 3. The van der Waals surface area contributed by atoms with E-state index in [9.17, 15) is 22.8 Å². The fraction of sp³-hybridized carbons (Fsp3) is 0.344. The Labute approximate surface area is 268 Å². The number of alkyl halides is 3. The zero-order valence-corrected chi connectivity index (χ0v) is 25.7. The van der Waals surface area contributed by atoms with Gasteiger partial charge in [-0.25, -0.2) is 14.3 Å². The standard InChI is InChI=1S/C32H34F3N9O3/c1-2-25-26(40-31(46)47-16-6-11-41-12-14-42(15-13-41)30(45)32(33,34)35)20-44-28(25)29(36-21-38-44)39-24-9-10-27-23(17-24)18-37-43(27)19-22-7-4-3-5-8-22/h3-5,7-10,17-18,20-21H,2,6,11-16,19H2,1H3,(H,40,46)(H,36,38,39). The van der Waals surface area contributed by atoms with Crippen LogP contribution in [0.3, 0.4) is 0 Å². The molecule has 0 spiro atoms. The van der Waals surface area contributed by atoms with Gasteiger partial charge >= 0.3 is 18.2 Å². The normalized spacial score (nSPS) is 14.1. The van der Waals surface area contributed by atoms with Gasteiger partial charge in [-0.2, -0.15) is 23.4 Å². The van der Waals surface area contributed by atoms with Gasteiger partial charge in [0.15, 0.2) is 5.82 Å². The highest BCUT2D eigenvalue weighted by atomic mass is 19.4. The molecule has 0 unspecified atom stereocenters. The number of carbonyl (C=O) groups excluding carboxylic acids is 2. The highest BCUT2D eigenvalue weighted by Gasteiger charge is 2.43. The van der Waals surface area contributed by atoms with E-state index in [1.54, 1.807) is 10.7 Å². The summed E-state index contributed by atoms with van der Waals surface area (Å²) in [6, 6.07) is 16.1. The fourth-order valence-electron chi connectivity index (χ4n) is 5.77. The van der Waals surface area contributed by atoms with Crippen molar-refractivity contribution in [1.29, 1.82) is 0 Å². The number of carbonyl (C=O) groups is 2. The topological polar surface area (TPSA) is 122 Å². The predicted octanol–water partition coefficient (Wildman–Crippen LogP) is 5.08. The SMILES string of the molecule is CCc1c(NC(=O)OCCCN2CCN(C(=O)C(F)(F)F)CC2)cn2ncnc(Nc3ccc4c(cnn4Cc4ccccc4)c3)c12. The van der Waals surface area contributed by atoms with E-state index in [0.717, 1.165) is 32.6 Å². The number of piperazine rings is 1. The first-order valence-electron chi connectivity index (χ1n) is 15.3. The highest BCUT2D eigenvalue weighted by Crippen LogP contribution is 2.31. The number of fused-ring (bicyclic) bond motifs is 2. The van der Waals surface area contributed by atoms with E-state index in [0.29, 0.717) is 56.0 Å². The molecule has 0 radical (unpaired) electrons. The predicted molar refractivity (Wildman–Crippen MR) is 170 cm³/mol. The highest BCUT2D eigenvalue weighted by molar-refractivity contribution is 5.91. The number of benzene rings is 2. The van der Waals surface area contributed by atoms with Gasteiger partial charge in [0.2, 0.25) is 0 Å². The van der Waals surface area contributed by atoms with Crippen LogP contribution in [0.15, 0.2) is 67.3 Å². The first-order valence-corrected chi connectivity index (χ1v) is 15.3. The number of rotatable bonds is 10. The van der Waals surface area contributed by atoms with Gasteiger partial charge in [0.25, 0.3) is 0 Å². The smallest absolute Gasteiger partial charge is 0.449 e. The molecule has 0 aliphatic carbocycles. The minimum Gasteiger partial charge on any atom is -0.449 e. The number of anilines is 3. The van der Waals surface area contributed by atoms with Crippen molar-refractivity contribution in [3.05, 3.63) is 78.4 Å². The molecule has 2 amide bonds. The molecule has 0 atom stereocenters. The van der Waals surface area contributed by atoms with E-state index in [4.69, 9.17) is 4.74 Å². The molecular weight excluding hydrogens is 615 g/mol. The molecule has 3 aromatic heterocycles. The second kappa shape index (κ2) is 13.7. The van der Waals surface area contributed by atoms with E-state index in [2.05, 4.69) is 37.9 Å². The van der Waals surface area contributed by atoms with Crippen molar-refractivity contribution in [3.63, 3.8) is 0 Å².